The molecule has 25 heavy (non-hydrogen) atoms. The van der Waals surface area contributed by atoms with Gasteiger partial charge in [-0.1, -0.05) is 42.6 Å². The number of nitrogens with zero attached hydrogens (tertiary/aromatic N) is 2. The zero-order valence-electron chi connectivity index (χ0n) is 13.8. The average Bonchev–Trinajstić information content (AvgIpc) is 2.91. The Morgan fingerprint density at radius 1 is 1.36 bits per heavy atom. The molecule has 134 valence electrons. The number of hydrogen-bond acceptors (Lipinski definition) is 4. The molecule has 0 radical (unpaired) electrons. The third-order valence-corrected chi connectivity index (χ3v) is 5.52. The number of unbranched alkanes of at least 4 members (excludes halogenated alkanes) is 1. The van der Waals surface area contributed by atoms with Crippen molar-refractivity contribution in [3.05, 3.63) is 48.5 Å². The maximum atomic E-state index is 11.7. The second-order valence-electron chi connectivity index (χ2n) is 5.40. The number of aryl methyl sites for hydroxylation is 1. The summed E-state index contributed by atoms with van der Waals surface area (Å²) in [5.74, 6) is 0.283. The van der Waals surface area contributed by atoms with Gasteiger partial charge in [-0.3, -0.25) is 4.79 Å². The Kier molecular flexibility index (Phi) is 7.27. The molecule has 1 aromatic heterocycles. The molecule has 0 saturated heterocycles. The lowest BCUT2D eigenvalue weighted by Crippen LogP contribution is -2.10. The summed E-state index contributed by atoms with van der Waals surface area (Å²) in [6.07, 6.45) is 3.57. The first-order valence-electron chi connectivity index (χ1n) is 7.69. The van der Waals surface area contributed by atoms with Crippen molar-refractivity contribution in [2.24, 2.45) is 0 Å². The normalized spacial score (nSPS) is 10.8. The monoisotopic (exact) mass is 494 g/mol. The zero-order valence-corrected chi connectivity index (χ0v) is 17.5. The molecule has 0 aliphatic heterocycles. The van der Waals surface area contributed by atoms with Crippen LogP contribution in [0, 0.1) is 3.70 Å². The Hall–Kier alpha value is -1.12. The standard InChI is InChI=1S/C17H17Cl2IN2O3/c1-3-4-5-13-21-16(20)12(9-23)22(13)8-10-6-7-11(17(24)25-2)15(19)14(10)18/h6-7,9H,3-5,8H2,1-2H3. The Morgan fingerprint density at radius 3 is 2.68 bits per heavy atom. The number of imidazole rings is 1. The topological polar surface area (TPSA) is 61.2 Å². The fraction of sp³-hybridized carbons (Fsp3) is 0.353. The van der Waals surface area contributed by atoms with Crippen LogP contribution in [0.1, 0.15) is 52.0 Å². The number of ether oxygens (including phenoxy) is 1. The predicted molar refractivity (Wildman–Crippen MR) is 106 cm³/mol. The van der Waals surface area contributed by atoms with E-state index in [4.69, 9.17) is 23.2 Å². The number of aldehydes is 1. The van der Waals surface area contributed by atoms with Crippen LogP contribution >= 0.6 is 45.8 Å². The molecule has 5 nitrogen and oxygen atoms in total. The highest BCUT2D eigenvalue weighted by atomic mass is 127. The van der Waals surface area contributed by atoms with Gasteiger partial charge in [0.1, 0.15) is 15.2 Å². The molecule has 2 aromatic rings. The summed E-state index contributed by atoms with van der Waals surface area (Å²) in [6.45, 7) is 2.45. The minimum atomic E-state index is -0.548. The van der Waals surface area contributed by atoms with Crippen LogP contribution in [0.25, 0.3) is 0 Å². The van der Waals surface area contributed by atoms with Crippen molar-refractivity contribution in [3.63, 3.8) is 0 Å². The number of carbonyl (C=O) groups excluding carboxylic acids is 2. The number of carbonyl (C=O) groups is 2. The Balaban J connectivity index is 2.44. The van der Waals surface area contributed by atoms with Crippen LogP contribution < -0.4 is 0 Å². The van der Waals surface area contributed by atoms with Crippen molar-refractivity contribution in [1.82, 2.24) is 9.55 Å². The minimum absolute atomic E-state index is 0.142. The van der Waals surface area contributed by atoms with Gasteiger partial charge in [0.2, 0.25) is 0 Å². The fourth-order valence-electron chi connectivity index (χ4n) is 2.45. The summed E-state index contributed by atoms with van der Waals surface area (Å²) in [5, 5.41) is 0.412. The summed E-state index contributed by atoms with van der Waals surface area (Å²) in [6, 6.07) is 3.29. The number of rotatable bonds is 7. The molecule has 0 aliphatic rings. The second-order valence-corrected chi connectivity index (χ2v) is 7.18. The number of aromatic nitrogens is 2. The number of esters is 1. The van der Waals surface area contributed by atoms with Gasteiger partial charge in [-0.2, -0.15) is 0 Å². The van der Waals surface area contributed by atoms with Gasteiger partial charge in [0.05, 0.1) is 29.3 Å². The van der Waals surface area contributed by atoms with Gasteiger partial charge in [-0.25, -0.2) is 9.78 Å². The first-order chi connectivity index (χ1) is 11.9. The molecular formula is C17H17Cl2IN2O3. The molecule has 0 spiro atoms. The largest absolute Gasteiger partial charge is 0.465 e. The highest BCUT2D eigenvalue weighted by Crippen LogP contribution is 2.31. The Bertz CT molecular complexity index is 806. The van der Waals surface area contributed by atoms with Crippen molar-refractivity contribution < 1.29 is 14.3 Å². The summed E-state index contributed by atoms with van der Waals surface area (Å²) < 4.78 is 7.20. The summed E-state index contributed by atoms with van der Waals surface area (Å²) in [5.41, 5.74) is 1.42. The maximum Gasteiger partial charge on any atom is 0.339 e. The van der Waals surface area contributed by atoms with Crippen LogP contribution in [0.15, 0.2) is 12.1 Å². The number of hydrogen-bond donors (Lipinski definition) is 0. The number of methoxy groups -OCH3 is 1. The van der Waals surface area contributed by atoms with Crippen molar-refractivity contribution in [2.45, 2.75) is 32.7 Å². The average molecular weight is 495 g/mol. The Labute approximate surface area is 169 Å². The summed E-state index contributed by atoms with van der Waals surface area (Å²) in [7, 11) is 1.28. The number of benzene rings is 1. The smallest absolute Gasteiger partial charge is 0.339 e. The zero-order chi connectivity index (χ0) is 18.6. The fourth-order valence-corrected chi connectivity index (χ4v) is 3.63. The van der Waals surface area contributed by atoms with Gasteiger partial charge in [0.25, 0.3) is 0 Å². The van der Waals surface area contributed by atoms with Crippen LogP contribution in [0.3, 0.4) is 0 Å². The SMILES string of the molecule is CCCCc1nc(I)c(C=O)n1Cc1ccc(C(=O)OC)c(Cl)c1Cl. The van der Waals surface area contributed by atoms with Crippen LogP contribution in [-0.2, 0) is 17.7 Å². The predicted octanol–water partition coefficient (Wildman–Crippen LogP) is 4.78. The van der Waals surface area contributed by atoms with E-state index >= 15 is 0 Å². The maximum absolute atomic E-state index is 11.7. The van der Waals surface area contributed by atoms with E-state index in [0.717, 1.165) is 31.4 Å². The van der Waals surface area contributed by atoms with Crippen LogP contribution in [0.5, 0.6) is 0 Å². The van der Waals surface area contributed by atoms with Crippen LogP contribution in [0.2, 0.25) is 10.0 Å². The molecule has 2 rings (SSSR count). The lowest BCUT2D eigenvalue weighted by molar-refractivity contribution is 0.0601. The van der Waals surface area contributed by atoms with Crippen LogP contribution in [0.4, 0.5) is 0 Å². The first kappa shape index (κ1) is 20.2. The van der Waals surface area contributed by atoms with Crippen molar-refractivity contribution in [2.75, 3.05) is 7.11 Å². The molecule has 0 unspecified atom stereocenters. The van der Waals surface area contributed by atoms with E-state index in [1.807, 2.05) is 4.57 Å². The van der Waals surface area contributed by atoms with E-state index < -0.39 is 5.97 Å². The minimum Gasteiger partial charge on any atom is -0.465 e. The van der Waals surface area contributed by atoms with Crippen molar-refractivity contribution in [1.29, 1.82) is 0 Å². The molecule has 0 N–H and O–H groups in total. The molecule has 1 heterocycles. The van der Waals surface area contributed by atoms with E-state index in [2.05, 4.69) is 39.2 Å². The molecule has 0 fully saturated rings. The first-order valence-corrected chi connectivity index (χ1v) is 9.53. The van der Waals surface area contributed by atoms with E-state index in [1.54, 1.807) is 12.1 Å². The van der Waals surface area contributed by atoms with E-state index in [0.29, 0.717) is 21.5 Å². The van der Waals surface area contributed by atoms with E-state index in [-0.39, 0.29) is 15.6 Å². The highest BCUT2D eigenvalue weighted by Gasteiger charge is 2.19. The molecule has 1 aromatic carbocycles. The molecule has 0 amide bonds. The summed E-state index contributed by atoms with van der Waals surface area (Å²) >= 11 is 14.6. The second kappa shape index (κ2) is 9.00. The molecule has 0 bridgehead atoms. The number of halogens is 3. The van der Waals surface area contributed by atoms with Gasteiger partial charge in [0, 0.05) is 6.42 Å². The van der Waals surface area contributed by atoms with Gasteiger partial charge in [-0.05, 0) is 40.6 Å². The van der Waals surface area contributed by atoms with Gasteiger partial charge in [-0.15, -0.1) is 0 Å². The van der Waals surface area contributed by atoms with E-state index in [9.17, 15) is 9.59 Å². The van der Waals surface area contributed by atoms with Crippen LogP contribution in [-0.4, -0.2) is 28.9 Å². The van der Waals surface area contributed by atoms with Crippen molar-refractivity contribution >= 4 is 58.0 Å². The Morgan fingerprint density at radius 2 is 2.08 bits per heavy atom. The molecule has 0 atom stereocenters. The lowest BCUT2D eigenvalue weighted by atomic mass is 10.1. The van der Waals surface area contributed by atoms with Crippen molar-refractivity contribution in [3.8, 4) is 0 Å². The third kappa shape index (κ3) is 4.35. The van der Waals surface area contributed by atoms with Gasteiger partial charge >= 0.3 is 5.97 Å². The molecule has 0 saturated carbocycles. The lowest BCUT2D eigenvalue weighted by Gasteiger charge is -2.13. The molecule has 8 heteroatoms. The van der Waals surface area contributed by atoms with Gasteiger partial charge in [0.15, 0.2) is 6.29 Å². The quantitative estimate of drug-likeness (QED) is 0.315. The highest BCUT2D eigenvalue weighted by molar-refractivity contribution is 14.1. The van der Waals surface area contributed by atoms with E-state index in [1.165, 1.54) is 7.11 Å². The molecular weight excluding hydrogens is 478 g/mol. The third-order valence-electron chi connectivity index (χ3n) is 3.80. The van der Waals surface area contributed by atoms with Gasteiger partial charge < -0.3 is 9.30 Å². The molecule has 0 aliphatic carbocycles. The summed E-state index contributed by atoms with van der Waals surface area (Å²) in [4.78, 5) is 27.7.